The van der Waals surface area contributed by atoms with E-state index < -0.39 is 0 Å². The van der Waals surface area contributed by atoms with Crippen molar-refractivity contribution in [1.29, 1.82) is 0 Å². The highest BCUT2D eigenvalue weighted by atomic mass is 16.2. The van der Waals surface area contributed by atoms with Crippen molar-refractivity contribution < 1.29 is 4.79 Å². The molecule has 0 saturated heterocycles. The van der Waals surface area contributed by atoms with E-state index in [9.17, 15) is 4.79 Å². The number of aryl methyl sites for hydroxylation is 1. The van der Waals surface area contributed by atoms with Gasteiger partial charge < -0.3 is 15.2 Å². The van der Waals surface area contributed by atoms with Gasteiger partial charge in [-0.25, -0.2) is 0 Å². The number of carbonyl (C=O) groups is 1. The van der Waals surface area contributed by atoms with Crippen LogP contribution in [0, 0.1) is 5.92 Å². The van der Waals surface area contributed by atoms with Gasteiger partial charge in [0.25, 0.3) is 5.91 Å². The van der Waals surface area contributed by atoms with Crippen LogP contribution in [0.1, 0.15) is 43.1 Å². The molecule has 4 nitrogen and oxygen atoms in total. The predicted octanol–water partition coefficient (Wildman–Crippen LogP) is 2.35. The molecule has 1 aliphatic carbocycles. The van der Waals surface area contributed by atoms with E-state index in [1.807, 2.05) is 22.7 Å². The smallest absolute Gasteiger partial charge is 0.270 e. The molecule has 1 heterocycles. The van der Waals surface area contributed by atoms with Crippen LogP contribution in [0.3, 0.4) is 0 Å². The molecule has 4 heteroatoms. The summed E-state index contributed by atoms with van der Waals surface area (Å²) in [6.45, 7) is 3.81. The van der Waals surface area contributed by atoms with Crippen LogP contribution in [-0.2, 0) is 6.54 Å². The normalized spacial score (nSPS) is 15.4. The first-order chi connectivity index (χ1) is 8.61. The Labute approximate surface area is 109 Å². The number of aromatic nitrogens is 1. The van der Waals surface area contributed by atoms with Gasteiger partial charge in [-0.15, -0.1) is 0 Å². The van der Waals surface area contributed by atoms with Crippen molar-refractivity contribution in [2.24, 2.45) is 5.92 Å². The third-order valence-electron chi connectivity index (χ3n) is 3.70. The number of nitrogens with two attached hydrogens (primary N) is 1. The topological polar surface area (TPSA) is 51.3 Å². The molecule has 0 aromatic carbocycles. The standard InChI is InChI=1S/C14H23N3O/c1-3-7-17-10-12(15)8-13(17)14(18)16(2)9-11-5-4-6-11/h8,10-11H,3-7,9,15H2,1-2H3. The van der Waals surface area contributed by atoms with Crippen molar-refractivity contribution in [3.8, 4) is 0 Å². The Balaban J connectivity index is 2.06. The van der Waals surface area contributed by atoms with Crippen molar-refractivity contribution in [1.82, 2.24) is 9.47 Å². The van der Waals surface area contributed by atoms with Crippen LogP contribution in [0.25, 0.3) is 0 Å². The highest BCUT2D eigenvalue weighted by Crippen LogP contribution is 2.27. The van der Waals surface area contributed by atoms with Gasteiger partial charge in [-0.05, 0) is 31.2 Å². The van der Waals surface area contributed by atoms with E-state index in [1.165, 1.54) is 19.3 Å². The second-order valence-corrected chi connectivity index (χ2v) is 5.33. The number of nitrogens with zero attached hydrogens (tertiary/aromatic N) is 2. The summed E-state index contributed by atoms with van der Waals surface area (Å²) in [6.07, 6.45) is 6.69. The van der Waals surface area contributed by atoms with E-state index in [0.29, 0.717) is 11.6 Å². The molecule has 0 bridgehead atoms. The van der Waals surface area contributed by atoms with Gasteiger partial charge in [0.1, 0.15) is 5.69 Å². The lowest BCUT2D eigenvalue weighted by molar-refractivity contribution is 0.0734. The minimum absolute atomic E-state index is 0.0899. The summed E-state index contributed by atoms with van der Waals surface area (Å²) < 4.78 is 1.97. The number of hydrogen-bond acceptors (Lipinski definition) is 2. The maximum absolute atomic E-state index is 12.4. The number of rotatable bonds is 5. The van der Waals surface area contributed by atoms with Crippen molar-refractivity contribution in [2.45, 2.75) is 39.2 Å². The van der Waals surface area contributed by atoms with Crippen LogP contribution in [0.15, 0.2) is 12.3 Å². The Bertz CT molecular complexity index is 421. The van der Waals surface area contributed by atoms with Gasteiger partial charge in [0.2, 0.25) is 0 Å². The van der Waals surface area contributed by atoms with Gasteiger partial charge in [-0.3, -0.25) is 4.79 Å². The molecule has 0 spiro atoms. The van der Waals surface area contributed by atoms with Gasteiger partial charge >= 0.3 is 0 Å². The van der Waals surface area contributed by atoms with Crippen molar-refractivity contribution in [2.75, 3.05) is 19.3 Å². The number of hydrogen-bond donors (Lipinski definition) is 1. The Morgan fingerprint density at radius 2 is 2.28 bits per heavy atom. The molecule has 0 unspecified atom stereocenters. The van der Waals surface area contributed by atoms with E-state index >= 15 is 0 Å². The predicted molar refractivity (Wildman–Crippen MR) is 73.4 cm³/mol. The lowest BCUT2D eigenvalue weighted by atomic mass is 9.85. The molecular formula is C14H23N3O. The third-order valence-corrected chi connectivity index (χ3v) is 3.70. The molecule has 1 amide bonds. The minimum atomic E-state index is 0.0899. The van der Waals surface area contributed by atoms with Crippen molar-refractivity contribution in [3.05, 3.63) is 18.0 Å². The van der Waals surface area contributed by atoms with Gasteiger partial charge in [-0.1, -0.05) is 13.3 Å². The summed E-state index contributed by atoms with van der Waals surface area (Å²) in [6, 6.07) is 1.79. The van der Waals surface area contributed by atoms with Crippen LogP contribution in [0.4, 0.5) is 5.69 Å². The van der Waals surface area contributed by atoms with Crippen molar-refractivity contribution in [3.63, 3.8) is 0 Å². The zero-order valence-corrected chi connectivity index (χ0v) is 11.4. The fourth-order valence-electron chi connectivity index (χ4n) is 2.48. The second kappa shape index (κ2) is 5.46. The largest absolute Gasteiger partial charge is 0.397 e. The molecule has 1 aromatic heterocycles. The van der Waals surface area contributed by atoms with E-state index in [-0.39, 0.29) is 5.91 Å². The van der Waals surface area contributed by atoms with E-state index in [4.69, 9.17) is 5.73 Å². The molecule has 0 aliphatic heterocycles. The summed E-state index contributed by atoms with van der Waals surface area (Å²) >= 11 is 0. The van der Waals surface area contributed by atoms with Crippen LogP contribution in [0.5, 0.6) is 0 Å². The number of carbonyl (C=O) groups excluding carboxylic acids is 1. The fraction of sp³-hybridized carbons (Fsp3) is 0.643. The Morgan fingerprint density at radius 3 is 2.83 bits per heavy atom. The van der Waals surface area contributed by atoms with Gasteiger partial charge in [0.15, 0.2) is 0 Å². The SMILES string of the molecule is CCCn1cc(N)cc1C(=O)N(C)CC1CCC1. The molecule has 2 rings (SSSR count). The molecule has 18 heavy (non-hydrogen) atoms. The number of anilines is 1. The van der Waals surface area contributed by atoms with E-state index in [0.717, 1.165) is 25.2 Å². The van der Waals surface area contributed by atoms with Crippen LogP contribution in [-0.4, -0.2) is 29.0 Å². The summed E-state index contributed by atoms with van der Waals surface area (Å²) in [5.41, 5.74) is 7.18. The first kappa shape index (κ1) is 13.0. The second-order valence-electron chi connectivity index (χ2n) is 5.33. The zero-order valence-electron chi connectivity index (χ0n) is 11.4. The maximum Gasteiger partial charge on any atom is 0.270 e. The van der Waals surface area contributed by atoms with Crippen molar-refractivity contribution >= 4 is 11.6 Å². The molecule has 1 aromatic rings. The van der Waals surface area contributed by atoms with E-state index in [2.05, 4.69) is 6.92 Å². The highest BCUT2D eigenvalue weighted by molar-refractivity contribution is 5.93. The van der Waals surface area contributed by atoms with Gasteiger partial charge in [-0.2, -0.15) is 0 Å². The summed E-state index contributed by atoms with van der Waals surface area (Å²) in [5, 5.41) is 0. The summed E-state index contributed by atoms with van der Waals surface area (Å²) in [4.78, 5) is 14.2. The third kappa shape index (κ3) is 2.68. The van der Waals surface area contributed by atoms with E-state index in [1.54, 1.807) is 6.07 Å². The van der Waals surface area contributed by atoms with Gasteiger partial charge in [0.05, 0.1) is 5.69 Å². The fourth-order valence-corrected chi connectivity index (χ4v) is 2.48. The lowest BCUT2D eigenvalue weighted by Crippen LogP contribution is -2.35. The molecule has 1 aliphatic rings. The Kier molecular flexibility index (Phi) is 3.94. The monoisotopic (exact) mass is 249 g/mol. The number of amides is 1. The zero-order chi connectivity index (χ0) is 13.1. The maximum atomic E-state index is 12.4. The Morgan fingerprint density at radius 1 is 1.56 bits per heavy atom. The lowest BCUT2D eigenvalue weighted by Gasteiger charge is -2.30. The summed E-state index contributed by atoms with van der Waals surface area (Å²) in [7, 11) is 1.89. The van der Waals surface area contributed by atoms with Crippen LogP contribution < -0.4 is 5.73 Å². The highest BCUT2D eigenvalue weighted by Gasteiger charge is 2.23. The number of nitrogen functional groups attached to an aromatic ring is 1. The Hall–Kier alpha value is -1.45. The first-order valence-electron chi connectivity index (χ1n) is 6.83. The molecule has 0 radical (unpaired) electrons. The average Bonchev–Trinajstić information content (AvgIpc) is 2.64. The summed E-state index contributed by atoms with van der Waals surface area (Å²) in [5.74, 6) is 0.790. The molecule has 2 N–H and O–H groups in total. The average molecular weight is 249 g/mol. The van der Waals surface area contributed by atoms with Crippen LogP contribution in [0.2, 0.25) is 0 Å². The van der Waals surface area contributed by atoms with Gasteiger partial charge in [0, 0.05) is 26.3 Å². The molecule has 1 fully saturated rings. The quantitative estimate of drug-likeness (QED) is 0.871. The molecule has 100 valence electrons. The minimum Gasteiger partial charge on any atom is -0.397 e. The molecular weight excluding hydrogens is 226 g/mol. The molecule has 1 saturated carbocycles. The van der Waals surface area contributed by atoms with Crippen LogP contribution >= 0.6 is 0 Å². The molecule has 0 atom stereocenters. The first-order valence-corrected chi connectivity index (χ1v) is 6.83.